The normalized spacial score (nSPS) is 11.2. The van der Waals surface area contributed by atoms with Crippen LogP contribution in [0.25, 0.3) is 78.2 Å². The lowest BCUT2D eigenvalue weighted by Gasteiger charge is -2.14. The van der Waals surface area contributed by atoms with E-state index >= 15 is 0 Å². The second-order valence-corrected chi connectivity index (χ2v) is 10.5. The van der Waals surface area contributed by atoms with Crippen LogP contribution < -0.4 is 0 Å². The molecule has 4 heterocycles. The Hall–Kier alpha value is -6.14. The molecule has 0 spiro atoms. The lowest BCUT2D eigenvalue weighted by atomic mass is 9.93. The lowest BCUT2D eigenvalue weighted by Crippen LogP contribution is -2.00. The van der Waals surface area contributed by atoms with Gasteiger partial charge < -0.3 is 0 Å². The Morgan fingerprint density at radius 3 is 1.68 bits per heavy atom. The third kappa shape index (κ3) is 4.74. The summed E-state index contributed by atoms with van der Waals surface area (Å²) in [4.78, 5) is 28.1. The van der Waals surface area contributed by atoms with E-state index in [1.807, 2.05) is 48.5 Å². The molecule has 0 unspecified atom stereocenters. The topological polar surface area (TPSA) is 77.3 Å². The predicted octanol–water partition coefficient (Wildman–Crippen LogP) is 8.70. The highest BCUT2D eigenvalue weighted by Gasteiger charge is 2.16. The minimum Gasteiger partial charge on any atom is -0.265 e. The van der Waals surface area contributed by atoms with Gasteiger partial charge in [0.15, 0.2) is 17.5 Å². The maximum Gasteiger partial charge on any atom is 0.164 e. The van der Waals surface area contributed by atoms with E-state index in [2.05, 4.69) is 82.8 Å². The van der Waals surface area contributed by atoms with Crippen LogP contribution in [0, 0.1) is 0 Å². The summed E-state index contributed by atoms with van der Waals surface area (Å²) in [6, 6.07) is 41.3. The summed E-state index contributed by atoms with van der Waals surface area (Å²) in [5, 5.41) is 3.45. The third-order valence-corrected chi connectivity index (χ3v) is 7.71. The van der Waals surface area contributed by atoms with Gasteiger partial charge in [-0.3, -0.25) is 9.97 Å². The summed E-state index contributed by atoms with van der Waals surface area (Å²) in [6.45, 7) is 0. The second-order valence-electron chi connectivity index (χ2n) is 10.5. The maximum absolute atomic E-state index is 5.11. The Morgan fingerprint density at radius 1 is 0.386 bits per heavy atom. The number of aromatic nitrogens is 6. The van der Waals surface area contributed by atoms with Crippen LogP contribution in [0.5, 0.6) is 0 Å². The molecule has 4 aromatic carbocycles. The van der Waals surface area contributed by atoms with Crippen LogP contribution in [0.2, 0.25) is 0 Å². The van der Waals surface area contributed by atoms with Gasteiger partial charge in [0.1, 0.15) is 0 Å². The van der Waals surface area contributed by atoms with Crippen LogP contribution in [0.1, 0.15) is 0 Å². The van der Waals surface area contributed by atoms with E-state index in [-0.39, 0.29) is 0 Å². The van der Waals surface area contributed by atoms with Gasteiger partial charge in [0.05, 0.1) is 11.2 Å². The molecule has 0 aliphatic heterocycles. The van der Waals surface area contributed by atoms with Crippen molar-refractivity contribution in [1.29, 1.82) is 0 Å². The molecule has 44 heavy (non-hydrogen) atoms. The zero-order valence-electron chi connectivity index (χ0n) is 23.5. The van der Waals surface area contributed by atoms with Crippen molar-refractivity contribution >= 4 is 21.7 Å². The first kappa shape index (κ1) is 25.6. The van der Waals surface area contributed by atoms with Gasteiger partial charge in [0.2, 0.25) is 0 Å². The number of hydrogen-bond acceptors (Lipinski definition) is 6. The molecule has 6 heteroatoms. The molecule has 0 fully saturated rings. The van der Waals surface area contributed by atoms with E-state index in [0.717, 1.165) is 55.4 Å². The quantitative estimate of drug-likeness (QED) is 0.195. The van der Waals surface area contributed by atoms with E-state index in [1.165, 1.54) is 5.39 Å². The van der Waals surface area contributed by atoms with Crippen molar-refractivity contribution in [2.45, 2.75) is 0 Å². The molecule has 0 amide bonds. The van der Waals surface area contributed by atoms with Crippen LogP contribution in [0.4, 0.5) is 0 Å². The van der Waals surface area contributed by atoms with Crippen molar-refractivity contribution in [3.8, 4) is 56.5 Å². The fraction of sp³-hybridized carbons (Fsp3) is 0. The van der Waals surface area contributed by atoms with Crippen molar-refractivity contribution < 1.29 is 0 Å². The molecular weight excluding hydrogens is 540 g/mol. The molecule has 8 aromatic rings. The zero-order chi connectivity index (χ0) is 29.3. The molecule has 0 saturated carbocycles. The van der Waals surface area contributed by atoms with E-state index < -0.39 is 0 Å². The van der Waals surface area contributed by atoms with Gasteiger partial charge in [0.25, 0.3) is 0 Å². The van der Waals surface area contributed by atoms with Crippen molar-refractivity contribution in [3.63, 3.8) is 0 Å². The highest BCUT2D eigenvalue weighted by molar-refractivity contribution is 6.14. The minimum absolute atomic E-state index is 0.585. The molecule has 206 valence electrons. The van der Waals surface area contributed by atoms with Crippen LogP contribution in [-0.2, 0) is 0 Å². The summed E-state index contributed by atoms with van der Waals surface area (Å²) in [5.74, 6) is 1.76. The number of hydrogen-bond donors (Lipinski definition) is 0. The molecule has 0 radical (unpaired) electrons. The monoisotopic (exact) mass is 564 g/mol. The van der Waals surface area contributed by atoms with E-state index in [9.17, 15) is 0 Å². The molecule has 0 aliphatic rings. The summed E-state index contributed by atoms with van der Waals surface area (Å²) in [7, 11) is 0. The van der Waals surface area contributed by atoms with Gasteiger partial charge in [-0.2, -0.15) is 0 Å². The standard InChI is InChI=1S/C38H24N6/c1-2-8-26(9-3-1)34-24-32(35-31-12-5-4-7-25(31)13-14-33(35)41-34)29-10-6-11-30(23-29)38-43-36(27-15-19-39-20-16-27)42-37(44-38)28-17-21-40-22-18-28/h1-24H. The largest absolute Gasteiger partial charge is 0.265 e. The smallest absolute Gasteiger partial charge is 0.164 e. The molecular formula is C38H24N6. The molecule has 8 rings (SSSR count). The second kappa shape index (κ2) is 10.9. The average molecular weight is 565 g/mol. The number of pyridine rings is 3. The Kier molecular flexibility index (Phi) is 6.35. The van der Waals surface area contributed by atoms with Crippen LogP contribution in [-0.4, -0.2) is 29.9 Å². The average Bonchev–Trinajstić information content (AvgIpc) is 3.12. The summed E-state index contributed by atoms with van der Waals surface area (Å²) in [6.07, 6.45) is 6.98. The number of benzene rings is 4. The van der Waals surface area contributed by atoms with E-state index in [4.69, 9.17) is 19.9 Å². The van der Waals surface area contributed by atoms with Gasteiger partial charge >= 0.3 is 0 Å². The van der Waals surface area contributed by atoms with Gasteiger partial charge in [-0.25, -0.2) is 19.9 Å². The highest BCUT2D eigenvalue weighted by atomic mass is 15.0. The fourth-order valence-corrected chi connectivity index (χ4v) is 5.58. The van der Waals surface area contributed by atoms with Crippen molar-refractivity contribution in [2.24, 2.45) is 0 Å². The minimum atomic E-state index is 0.585. The van der Waals surface area contributed by atoms with Crippen LogP contribution >= 0.6 is 0 Å². The highest BCUT2D eigenvalue weighted by Crippen LogP contribution is 2.38. The number of rotatable bonds is 5. The molecule has 0 atom stereocenters. The van der Waals surface area contributed by atoms with Gasteiger partial charge in [-0.05, 0) is 64.4 Å². The van der Waals surface area contributed by atoms with Gasteiger partial charge in [0, 0.05) is 52.4 Å². The first-order valence-electron chi connectivity index (χ1n) is 14.4. The Morgan fingerprint density at radius 2 is 0.977 bits per heavy atom. The van der Waals surface area contributed by atoms with Gasteiger partial charge in [-0.15, -0.1) is 0 Å². The van der Waals surface area contributed by atoms with Crippen LogP contribution in [0.3, 0.4) is 0 Å². The van der Waals surface area contributed by atoms with Crippen molar-refractivity contribution in [3.05, 3.63) is 146 Å². The molecule has 0 aliphatic carbocycles. The Bertz CT molecular complexity index is 2210. The zero-order valence-corrected chi connectivity index (χ0v) is 23.5. The SMILES string of the molecule is c1ccc(-c2cc(-c3cccc(-c4nc(-c5ccncc5)nc(-c5ccncc5)n4)c3)c3c(ccc4ccccc43)n2)cc1. The van der Waals surface area contributed by atoms with Crippen LogP contribution in [0.15, 0.2) is 146 Å². The predicted molar refractivity (Wildman–Crippen MR) is 175 cm³/mol. The van der Waals surface area contributed by atoms with E-state index in [0.29, 0.717) is 17.5 Å². The Balaban J connectivity index is 1.35. The molecule has 6 nitrogen and oxygen atoms in total. The molecule has 4 aromatic heterocycles. The summed E-state index contributed by atoms with van der Waals surface area (Å²) in [5.41, 5.74) is 7.73. The Labute approximate surface area is 253 Å². The molecule has 0 N–H and O–H groups in total. The third-order valence-electron chi connectivity index (χ3n) is 7.71. The number of fused-ring (bicyclic) bond motifs is 3. The van der Waals surface area contributed by atoms with Crippen molar-refractivity contribution in [1.82, 2.24) is 29.9 Å². The maximum atomic E-state index is 5.11. The first-order valence-corrected chi connectivity index (χ1v) is 14.4. The van der Waals surface area contributed by atoms with Crippen molar-refractivity contribution in [2.75, 3.05) is 0 Å². The summed E-state index contributed by atoms with van der Waals surface area (Å²) >= 11 is 0. The fourth-order valence-electron chi connectivity index (χ4n) is 5.58. The molecule has 0 saturated heterocycles. The first-order chi connectivity index (χ1) is 21.8. The van der Waals surface area contributed by atoms with E-state index in [1.54, 1.807) is 24.8 Å². The van der Waals surface area contributed by atoms with Gasteiger partial charge in [-0.1, -0.05) is 78.9 Å². The number of nitrogens with zero attached hydrogens (tertiary/aromatic N) is 6. The molecule has 0 bridgehead atoms. The lowest BCUT2D eigenvalue weighted by molar-refractivity contribution is 1.07. The summed E-state index contributed by atoms with van der Waals surface area (Å²) < 4.78 is 0.